The summed E-state index contributed by atoms with van der Waals surface area (Å²) in [5, 5.41) is 12.8. The van der Waals surface area contributed by atoms with Gasteiger partial charge in [0.15, 0.2) is 0 Å². The van der Waals surface area contributed by atoms with Gasteiger partial charge in [-0.25, -0.2) is 4.79 Å². The van der Waals surface area contributed by atoms with Crippen LogP contribution in [0.25, 0.3) is 0 Å². The van der Waals surface area contributed by atoms with Gasteiger partial charge in [-0.1, -0.05) is 23.7 Å². The maximum absolute atomic E-state index is 11.0. The van der Waals surface area contributed by atoms with Crippen LogP contribution >= 0.6 is 11.6 Å². The highest BCUT2D eigenvalue weighted by Gasteiger charge is 2.12. The molecule has 4 N–H and O–H groups in total. The van der Waals surface area contributed by atoms with E-state index in [0.717, 1.165) is 11.3 Å². The fourth-order valence-electron chi connectivity index (χ4n) is 1.75. The van der Waals surface area contributed by atoms with Crippen LogP contribution in [0.1, 0.15) is 15.9 Å². The Hall–Kier alpha value is -2.20. The highest BCUT2D eigenvalue weighted by Crippen LogP contribution is 2.30. The van der Waals surface area contributed by atoms with E-state index in [1.54, 1.807) is 18.2 Å². The normalized spacial score (nSPS) is 10.2. The van der Waals surface area contributed by atoms with Crippen molar-refractivity contribution in [3.63, 3.8) is 0 Å². The summed E-state index contributed by atoms with van der Waals surface area (Å²) in [6, 6.07) is 10.3. The minimum atomic E-state index is -1.05. The average molecular weight is 277 g/mol. The number of aromatic carboxylic acids is 1. The minimum absolute atomic E-state index is 0.0738. The molecule has 0 fully saturated rings. The van der Waals surface area contributed by atoms with Crippen molar-refractivity contribution in [2.45, 2.75) is 6.92 Å². The van der Waals surface area contributed by atoms with E-state index in [1.165, 1.54) is 6.07 Å². The summed E-state index contributed by atoms with van der Waals surface area (Å²) in [6.45, 7) is 1.88. The molecule has 0 aliphatic carbocycles. The molecule has 0 spiro atoms. The summed E-state index contributed by atoms with van der Waals surface area (Å²) < 4.78 is 0. The molecule has 0 amide bonds. The van der Waals surface area contributed by atoms with Crippen LogP contribution in [-0.2, 0) is 0 Å². The van der Waals surface area contributed by atoms with Crippen LogP contribution in [0.5, 0.6) is 0 Å². The van der Waals surface area contributed by atoms with Gasteiger partial charge in [-0.05, 0) is 36.8 Å². The topological polar surface area (TPSA) is 75.3 Å². The van der Waals surface area contributed by atoms with Gasteiger partial charge in [-0.3, -0.25) is 0 Å². The van der Waals surface area contributed by atoms with Crippen LogP contribution in [0.2, 0.25) is 5.02 Å². The summed E-state index contributed by atoms with van der Waals surface area (Å²) in [4.78, 5) is 11.0. The van der Waals surface area contributed by atoms with E-state index in [4.69, 9.17) is 22.4 Å². The first kappa shape index (κ1) is 13.2. The summed E-state index contributed by atoms with van der Waals surface area (Å²) in [7, 11) is 0. The van der Waals surface area contributed by atoms with Gasteiger partial charge in [0.2, 0.25) is 0 Å². The van der Waals surface area contributed by atoms with E-state index in [2.05, 4.69) is 5.32 Å². The van der Waals surface area contributed by atoms with Crippen molar-refractivity contribution in [2.75, 3.05) is 11.1 Å². The highest BCUT2D eigenvalue weighted by atomic mass is 35.5. The van der Waals surface area contributed by atoms with Crippen molar-refractivity contribution < 1.29 is 9.90 Å². The lowest BCUT2D eigenvalue weighted by molar-refractivity contribution is 0.0698. The predicted molar refractivity (Wildman–Crippen MR) is 77.3 cm³/mol. The van der Waals surface area contributed by atoms with Gasteiger partial charge in [0.1, 0.15) is 0 Å². The van der Waals surface area contributed by atoms with Gasteiger partial charge in [-0.15, -0.1) is 0 Å². The molecule has 4 nitrogen and oxygen atoms in total. The van der Waals surface area contributed by atoms with Crippen LogP contribution in [0.15, 0.2) is 36.4 Å². The Morgan fingerprint density at radius 3 is 2.53 bits per heavy atom. The number of hydrogen-bond acceptors (Lipinski definition) is 3. The zero-order chi connectivity index (χ0) is 14.0. The lowest BCUT2D eigenvalue weighted by atomic mass is 10.1. The molecule has 0 saturated heterocycles. The van der Waals surface area contributed by atoms with E-state index in [0.29, 0.717) is 10.7 Å². The van der Waals surface area contributed by atoms with Gasteiger partial charge in [0.05, 0.1) is 16.9 Å². The van der Waals surface area contributed by atoms with Crippen molar-refractivity contribution in [1.82, 2.24) is 0 Å². The van der Waals surface area contributed by atoms with E-state index in [-0.39, 0.29) is 11.3 Å². The largest absolute Gasteiger partial charge is 0.478 e. The summed E-state index contributed by atoms with van der Waals surface area (Å²) in [6.07, 6.45) is 0. The Labute approximate surface area is 115 Å². The molecule has 98 valence electrons. The third kappa shape index (κ3) is 2.63. The lowest BCUT2D eigenvalue weighted by Crippen LogP contribution is -2.05. The number of carboxylic acids is 1. The van der Waals surface area contributed by atoms with E-state index < -0.39 is 5.97 Å². The Morgan fingerprint density at radius 2 is 1.84 bits per heavy atom. The first-order valence-corrected chi connectivity index (χ1v) is 6.02. The molecular formula is C14H13ClN2O2. The Bertz CT molecular complexity index is 641. The van der Waals surface area contributed by atoms with Crippen LogP contribution in [0, 0.1) is 6.92 Å². The number of hydrogen-bond donors (Lipinski definition) is 3. The molecule has 2 aromatic carbocycles. The number of halogens is 1. The van der Waals surface area contributed by atoms with Gasteiger partial charge in [0, 0.05) is 10.7 Å². The van der Waals surface area contributed by atoms with Crippen molar-refractivity contribution >= 4 is 34.6 Å². The monoisotopic (exact) mass is 276 g/mol. The molecule has 0 aliphatic rings. The SMILES string of the molecule is Cc1c(Cl)cccc1Nc1cccc(C(=O)O)c1N. The number of nitrogen functional groups attached to an aromatic ring is 1. The Morgan fingerprint density at radius 1 is 1.21 bits per heavy atom. The number of rotatable bonds is 3. The summed E-state index contributed by atoms with van der Waals surface area (Å²) in [5.74, 6) is -1.05. The second-order valence-corrected chi connectivity index (χ2v) is 4.52. The molecule has 0 heterocycles. The number of anilines is 3. The quantitative estimate of drug-likeness (QED) is 0.748. The molecule has 5 heteroatoms. The van der Waals surface area contributed by atoms with E-state index in [9.17, 15) is 4.79 Å². The molecule has 0 unspecified atom stereocenters. The van der Waals surface area contributed by atoms with Crippen LogP contribution in [0.4, 0.5) is 17.1 Å². The second kappa shape index (κ2) is 5.20. The number of carbonyl (C=O) groups is 1. The van der Waals surface area contributed by atoms with Gasteiger partial charge < -0.3 is 16.2 Å². The zero-order valence-electron chi connectivity index (χ0n) is 10.3. The maximum Gasteiger partial charge on any atom is 0.337 e. The standard InChI is InChI=1S/C14H13ClN2O2/c1-8-10(15)5-3-6-11(8)17-12-7-2-4-9(13(12)16)14(18)19/h2-7,17H,16H2,1H3,(H,18,19). The van der Waals surface area contributed by atoms with Crippen LogP contribution < -0.4 is 11.1 Å². The Kier molecular flexibility index (Phi) is 3.62. The minimum Gasteiger partial charge on any atom is -0.478 e. The molecule has 0 aliphatic heterocycles. The van der Waals surface area contributed by atoms with Crippen molar-refractivity contribution in [3.8, 4) is 0 Å². The Balaban J connectivity index is 2.42. The fourth-order valence-corrected chi connectivity index (χ4v) is 1.92. The molecule has 2 rings (SSSR count). The summed E-state index contributed by atoms with van der Waals surface area (Å²) in [5.41, 5.74) is 8.34. The molecule has 0 radical (unpaired) electrons. The number of nitrogens with two attached hydrogens (primary N) is 1. The van der Waals surface area contributed by atoms with Gasteiger partial charge in [0.25, 0.3) is 0 Å². The third-order valence-electron chi connectivity index (χ3n) is 2.87. The molecule has 2 aromatic rings. The molecule has 19 heavy (non-hydrogen) atoms. The second-order valence-electron chi connectivity index (χ2n) is 4.11. The van der Waals surface area contributed by atoms with E-state index >= 15 is 0 Å². The molecule has 0 aromatic heterocycles. The van der Waals surface area contributed by atoms with Crippen molar-refractivity contribution in [1.29, 1.82) is 0 Å². The molecule has 0 bridgehead atoms. The van der Waals surface area contributed by atoms with Crippen LogP contribution in [0.3, 0.4) is 0 Å². The number of carboxylic acid groups (broad SMARTS) is 1. The van der Waals surface area contributed by atoms with Crippen LogP contribution in [-0.4, -0.2) is 11.1 Å². The molecular weight excluding hydrogens is 264 g/mol. The third-order valence-corrected chi connectivity index (χ3v) is 3.28. The maximum atomic E-state index is 11.0. The van der Waals surface area contributed by atoms with Gasteiger partial charge >= 0.3 is 5.97 Å². The van der Waals surface area contributed by atoms with E-state index in [1.807, 2.05) is 19.1 Å². The first-order chi connectivity index (χ1) is 9.00. The lowest BCUT2D eigenvalue weighted by Gasteiger charge is -2.13. The first-order valence-electron chi connectivity index (χ1n) is 5.64. The number of para-hydroxylation sites is 1. The van der Waals surface area contributed by atoms with Gasteiger partial charge in [-0.2, -0.15) is 0 Å². The summed E-state index contributed by atoms with van der Waals surface area (Å²) >= 11 is 6.04. The van der Waals surface area contributed by atoms with Crippen molar-refractivity contribution in [3.05, 3.63) is 52.5 Å². The van der Waals surface area contributed by atoms with Crippen molar-refractivity contribution in [2.24, 2.45) is 0 Å². The fraction of sp³-hybridized carbons (Fsp3) is 0.0714. The smallest absolute Gasteiger partial charge is 0.337 e. The average Bonchev–Trinajstić information content (AvgIpc) is 2.37. The number of benzene rings is 2. The highest BCUT2D eigenvalue weighted by molar-refractivity contribution is 6.31. The molecule has 0 saturated carbocycles. The zero-order valence-corrected chi connectivity index (χ0v) is 11.0. The number of nitrogens with one attached hydrogen (secondary N) is 1. The molecule has 0 atom stereocenters. The predicted octanol–water partition coefficient (Wildman–Crippen LogP) is 3.67.